The number of rotatable bonds is 4. The van der Waals surface area contributed by atoms with Crippen molar-refractivity contribution in [2.45, 2.75) is 13.5 Å². The fourth-order valence-electron chi connectivity index (χ4n) is 3.09. The first-order chi connectivity index (χ1) is 11.3. The predicted molar refractivity (Wildman–Crippen MR) is 87.2 cm³/mol. The maximum absolute atomic E-state index is 5.65. The van der Waals surface area contributed by atoms with Gasteiger partial charge in [-0.05, 0) is 12.1 Å². The van der Waals surface area contributed by atoms with E-state index >= 15 is 0 Å². The first-order valence-electron chi connectivity index (χ1n) is 8.00. The van der Waals surface area contributed by atoms with Crippen LogP contribution in [0, 0.1) is 6.92 Å². The van der Waals surface area contributed by atoms with Gasteiger partial charge in [0, 0.05) is 44.0 Å². The number of benzene rings is 1. The Morgan fingerprint density at radius 1 is 1.09 bits per heavy atom. The Morgan fingerprint density at radius 2 is 1.91 bits per heavy atom. The molecule has 120 valence electrons. The largest absolute Gasteiger partial charge is 0.420 e. The average Bonchev–Trinajstić information content (AvgIpc) is 3.17. The van der Waals surface area contributed by atoms with E-state index in [9.17, 15) is 0 Å². The van der Waals surface area contributed by atoms with Crippen LogP contribution < -0.4 is 0 Å². The molecule has 1 fully saturated rings. The van der Waals surface area contributed by atoms with E-state index in [4.69, 9.17) is 9.15 Å². The molecule has 6 heteroatoms. The Bertz CT molecular complexity index is 802. The van der Waals surface area contributed by atoms with E-state index in [2.05, 4.69) is 50.0 Å². The van der Waals surface area contributed by atoms with Gasteiger partial charge in [-0.1, -0.05) is 18.2 Å². The highest BCUT2D eigenvalue weighted by Gasteiger charge is 2.17. The van der Waals surface area contributed by atoms with Gasteiger partial charge in [-0.15, -0.1) is 10.2 Å². The normalized spacial score (nSPS) is 16.2. The van der Waals surface area contributed by atoms with Gasteiger partial charge in [0.2, 0.25) is 5.89 Å². The van der Waals surface area contributed by atoms with E-state index in [1.807, 2.05) is 6.92 Å². The molecule has 0 amide bonds. The summed E-state index contributed by atoms with van der Waals surface area (Å²) < 4.78 is 13.4. The number of ether oxygens (including phenoxy) is 1. The number of aryl methyl sites for hydroxylation is 1. The molecule has 1 aromatic carbocycles. The highest BCUT2D eigenvalue weighted by atomic mass is 16.5. The van der Waals surface area contributed by atoms with Crippen molar-refractivity contribution in [1.29, 1.82) is 0 Å². The summed E-state index contributed by atoms with van der Waals surface area (Å²) in [5.41, 5.74) is 2.19. The summed E-state index contributed by atoms with van der Waals surface area (Å²) in [5, 5.41) is 9.36. The van der Waals surface area contributed by atoms with Gasteiger partial charge in [-0.25, -0.2) is 0 Å². The van der Waals surface area contributed by atoms with E-state index in [0.717, 1.165) is 45.1 Å². The van der Waals surface area contributed by atoms with Crippen LogP contribution >= 0.6 is 0 Å². The van der Waals surface area contributed by atoms with Crippen LogP contribution in [0.3, 0.4) is 0 Å². The minimum absolute atomic E-state index is 0.584. The summed E-state index contributed by atoms with van der Waals surface area (Å²) in [7, 11) is 0. The monoisotopic (exact) mass is 312 g/mol. The van der Waals surface area contributed by atoms with Crippen LogP contribution in [0.1, 0.15) is 5.89 Å². The summed E-state index contributed by atoms with van der Waals surface area (Å²) in [4.78, 5) is 2.43. The molecule has 0 atom stereocenters. The third-order valence-electron chi connectivity index (χ3n) is 4.30. The predicted octanol–water partition coefficient (Wildman–Crippen LogP) is 2.33. The van der Waals surface area contributed by atoms with Gasteiger partial charge in [0.1, 0.15) is 5.69 Å². The van der Waals surface area contributed by atoms with Crippen molar-refractivity contribution in [1.82, 2.24) is 19.7 Å². The minimum Gasteiger partial charge on any atom is -0.420 e. The van der Waals surface area contributed by atoms with Crippen molar-refractivity contribution >= 4 is 10.9 Å². The van der Waals surface area contributed by atoms with E-state index in [1.165, 1.54) is 10.9 Å². The smallest absolute Gasteiger partial charge is 0.264 e. The molecule has 0 N–H and O–H groups in total. The van der Waals surface area contributed by atoms with Gasteiger partial charge < -0.3 is 13.7 Å². The van der Waals surface area contributed by atoms with Crippen LogP contribution in [0.2, 0.25) is 0 Å². The van der Waals surface area contributed by atoms with Gasteiger partial charge in [0.25, 0.3) is 5.89 Å². The van der Waals surface area contributed by atoms with E-state index in [0.29, 0.717) is 11.8 Å². The highest BCUT2D eigenvalue weighted by Crippen LogP contribution is 2.27. The SMILES string of the molecule is Cc1nnc(-c2cc3ccccc3n2CCN2CCOCC2)o1. The van der Waals surface area contributed by atoms with Crippen LogP contribution in [0.5, 0.6) is 0 Å². The molecule has 0 unspecified atom stereocenters. The molecule has 1 saturated heterocycles. The maximum atomic E-state index is 5.65. The molecule has 2 aromatic heterocycles. The molecule has 6 nitrogen and oxygen atoms in total. The number of para-hydroxylation sites is 1. The first kappa shape index (κ1) is 14.4. The zero-order valence-corrected chi connectivity index (χ0v) is 13.2. The summed E-state index contributed by atoms with van der Waals surface area (Å²) in [5.74, 6) is 1.17. The zero-order chi connectivity index (χ0) is 15.6. The second-order valence-corrected chi connectivity index (χ2v) is 5.82. The summed E-state index contributed by atoms with van der Waals surface area (Å²) in [6.07, 6.45) is 0. The van der Waals surface area contributed by atoms with Crippen molar-refractivity contribution in [3.63, 3.8) is 0 Å². The highest BCUT2D eigenvalue weighted by molar-refractivity contribution is 5.85. The van der Waals surface area contributed by atoms with Crippen molar-refractivity contribution < 1.29 is 9.15 Å². The summed E-state index contributed by atoms with van der Waals surface area (Å²) in [6.45, 7) is 7.33. The third-order valence-corrected chi connectivity index (χ3v) is 4.30. The lowest BCUT2D eigenvalue weighted by molar-refractivity contribution is 0.0366. The molecule has 3 aromatic rings. The molecule has 23 heavy (non-hydrogen) atoms. The summed E-state index contributed by atoms with van der Waals surface area (Å²) in [6, 6.07) is 10.5. The van der Waals surface area contributed by atoms with Gasteiger partial charge in [-0.2, -0.15) is 0 Å². The molecule has 4 rings (SSSR count). The van der Waals surface area contributed by atoms with Crippen LogP contribution in [-0.4, -0.2) is 52.5 Å². The quantitative estimate of drug-likeness (QED) is 0.740. The van der Waals surface area contributed by atoms with E-state index in [1.54, 1.807) is 0 Å². The Morgan fingerprint density at radius 3 is 2.70 bits per heavy atom. The standard InChI is InChI=1S/C17H20N4O2/c1-13-18-19-17(23-13)16-12-14-4-2-3-5-15(14)21(16)7-6-20-8-10-22-11-9-20/h2-5,12H,6-11H2,1H3. The van der Waals surface area contributed by atoms with Crippen molar-refractivity contribution in [2.75, 3.05) is 32.8 Å². The summed E-state index contributed by atoms with van der Waals surface area (Å²) >= 11 is 0. The van der Waals surface area contributed by atoms with E-state index in [-0.39, 0.29) is 0 Å². The lowest BCUT2D eigenvalue weighted by Gasteiger charge is -2.27. The topological polar surface area (TPSA) is 56.3 Å². The van der Waals surface area contributed by atoms with Crippen molar-refractivity contribution in [3.8, 4) is 11.6 Å². The molecular weight excluding hydrogens is 292 g/mol. The number of aromatic nitrogens is 3. The molecule has 1 aliphatic rings. The minimum atomic E-state index is 0.584. The number of morpholine rings is 1. The fraction of sp³-hybridized carbons (Fsp3) is 0.412. The molecule has 0 aliphatic carbocycles. The van der Waals surface area contributed by atoms with Gasteiger partial charge in [-0.3, -0.25) is 4.90 Å². The fourth-order valence-corrected chi connectivity index (χ4v) is 3.09. The Balaban J connectivity index is 1.67. The van der Waals surface area contributed by atoms with Crippen molar-refractivity contribution in [3.05, 3.63) is 36.2 Å². The van der Waals surface area contributed by atoms with Crippen LogP contribution in [0.4, 0.5) is 0 Å². The van der Waals surface area contributed by atoms with Crippen LogP contribution in [0.25, 0.3) is 22.5 Å². The average molecular weight is 312 g/mol. The van der Waals surface area contributed by atoms with Crippen LogP contribution in [-0.2, 0) is 11.3 Å². The zero-order valence-electron chi connectivity index (χ0n) is 13.2. The number of hydrogen-bond donors (Lipinski definition) is 0. The van der Waals surface area contributed by atoms with Crippen molar-refractivity contribution in [2.24, 2.45) is 0 Å². The molecule has 3 heterocycles. The Hall–Kier alpha value is -2.18. The van der Waals surface area contributed by atoms with Crippen LogP contribution in [0.15, 0.2) is 34.7 Å². The molecule has 0 spiro atoms. The Labute approximate surface area is 134 Å². The molecule has 0 saturated carbocycles. The number of hydrogen-bond acceptors (Lipinski definition) is 5. The molecule has 1 aliphatic heterocycles. The second-order valence-electron chi connectivity index (χ2n) is 5.82. The maximum Gasteiger partial charge on any atom is 0.264 e. The molecule has 0 bridgehead atoms. The number of fused-ring (bicyclic) bond motifs is 1. The number of nitrogens with zero attached hydrogens (tertiary/aromatic N) is 4. The first-order valence-corrected chi connectivity index (χ1v) is 8.00. The third kappa shape index (κ3) is 2.87. The lowest BCUT2D eigenvalue weighted by atomic mass is 10.2. The lowest BCUT2D eigenvalue weighted by Crippen LogP contribution is -2.38. The van der Waals surface area contributed by atoms with Gasteiger partial charge >= 0.3 is 0 Å². The van der Waals surface area contributed by atoms with Gasteiger partial charge in [0.15, 0.2) is 0 Å². The van der Waals surface area contributed by atoms with Gasteiger partial charge in [0.05, 0.1) is 13.2 Å². The molecule has 0 radical (unpaired) electrons. The Kier molecular flexibility index (Phi) is 3.85. The molecular formula is C17H20N4O2. The second kappa shape index (κ2) is 6.14. The van der Waals surface area contributed by atoms with E-state index < -0.39 is 0 Å².